The summed E-state index contributed by atoms with van der Waals surface area (Å²) in [6.45, 7) is 7.47. The van der Waals surface area contributed by atoms with Gasteiger partial charge in [0.2, 0.25) is 0 Å². The summed E-state index contributed by atoms with van der Waals surface area (Å²) >= 11 is 6.16. The molecule has 1 aromatic rings. The number of nitrogens with zero attached hydrogens (tertiary/aromatic N) is 1. The van der Waals surface area contributed by atoms with Crippen LogP contribution in [-0.4, -0.2) is 56.3 Å². The largest absolute Gasteiger partial charge is 0.487 e. The minimum Gasteiger partial charge on any atom is -0.487 e. The summed E-state index contributed by atoms with van der Waals surface area (Å²) in [5, 5.41) is 3.31. The molecule has 0 aliphatic heterocycles. The second-order valence-electron chi connectivity index (χ2n) is 6.87. The third-order valence-corrected chi connectivity index (χ3v) is 5.50. The van der Waals surface area contributed by atoms with E-state index in [1.165, 1.54) is 0 Å². The third kappa shape index (κ3) is 5.99. The Bertz CT molecular complexity index is 623. The lowest BCUT2D eigenvalue weighted by molar-refractivity contribution is -0.0231. The molecule has 3 N–H and O–H groups in total. The first kappa shape index (κ1) is 21.8. The molecule has 1 amide bonds. The number of benzene rings is 1. The number of carbonyl (C=O) groups excluding carboxylic acids is 1. The maximum Gasteiger partial charge on any atom is 0.255 e. The molecule has 7 heteroatoms. The topological polar surface area (TPSA) is 76.8 Å². The number of carbonyl (C=O) groups is 1. The number of hydrogen-bond acceptors (Lipinski definition) is 5. The molecule has 0 aromatic heterocycles. The van der Waals surface area contributed by atoms with Crippen LogP contribution in [0.1, 0.15) is 49.9 Å². The predicted octanol–water partition coefficient (Wildman–Crippen LogP) is 3.33. The zero-order valence-corrected chi connectivity index (χ0v) is 17.3. The number of nitrogen functional groups attached to an aromatic ring is 1. The SMILES string of the molecule is CCN(CC)CCNC(=O)c1cc(Cl)c(N)cc1OC1CCCC[C@@H]1OC. The van der Waals surface area contributed by atoms with Crippen LogP contribution in [0.4, 0.5) is 5.69 Å². The van der Waals surface area contributed by atoms with E-state index >= 15 is 0 Å². The van der Waals surface area contributed by atoms with Crippen LogP contribution in [0, 0.1) is 0 Å². The van der Waals surface area contributed by atoms with Crippen molar-refractivity contribution in [1.82, 2.24) is 10.2 Å². The number of nitrogens with two attached hydrogens (primary N) is 1. The monoisotopic (exact) mass is 397 g/mol. The van der Waals surface area contributed by atoms with Crippen molar-refractivity contribution in [2.45, 2.75) is 51.7 Å². The van der Waals surface area contributed by atoms with E-state index in [9.17, 15) is 4.79 Å². The van der Waals surface area contributed by atoms with Crippen molar-refractivity contribution in [3.05, 3.63) is 22.7 Å². The fourth-order valence-corrected chi connectivity index (χ4v) is 3.60. The first-order valence-corrected chi connectivity index (χ1v) is 10.2. The van der Waals surface area contributed by atoms with E-state index in [0.29, 0.717) is 28.6 Å². The Kier molecular flexibility index (Phi) is 8.67. The van der Waals surface area contributed by atoms with Gasteiger partial charge < -0.3 is 25.4 Å². The summed E-state index contributed by atoms with van der Waals surface area (Å²) < 4.78 is 11.7. The molecule has 1 aromatic carbocycles. The Morgan fingerprint density at radius 3 is 2.56 bits per heavy atom. The normalized spacial score (nSPS) is 19.9. The van der Waals surface area contributed by atoms with Crippen LogP contribution in [0.15, 0.2) is 12.1 Å². The van der Waals surface area contributed by atoms with E-state index in [0.717, 1.165) is 45.3 Å². The van der Waals surface area contributed by atoms with E-state index in [1.54, 1.807) is 19.2 Å². The van der Waals surface area contributed by atoms with Gasteiger partial charge in [-0.3, -0.25) is 4.79 Å². The smallest absolute Gasteiger partial charge is 0.255 e. The van der Waals surface area contributed by atoms with Gasteiger partial charge in [-0.15, -0.1) is 0 Å². The quantitative estimate of drug-likeness (QED) is 0.625. The average molecular weight is 398 g/mol. The standard InChI is InChI=1S/C20H32ClN3O3/c1-4-24(5-2)11-10-23-20(25)14-12-15(21)16(22)13-19(14)27-18-9-7-6-8-17(18)26-3/h12-13,17-18H,4-11,22H2,1-3H3,(H,23,25)/t17-,18?/m0/s1. The molecule has 0 heterocycles. The lowest BCUT2D eigenvalue weighted by atomic mass is 9.94. The van der Waals surface area contributed by atoms with Gasteiger partial charge in [0, 0.05) is 26.3 Å². The van der Waals surface area contributed by atoms with Crippen molar-refractivity contribution < 1.29 is 14.3 Å². The molecular formula is C20H32ClN3O3. The summed E-state index contributed by atoms with van der Waals surface area (Å²) in [5.74, 6) is 0.259. The van der Waals surface area contributed by atoms with Gasteiger partial charge in [-0.05, 0) is 38.4 Å². The van der Waals surface area contributed by atoms with Crippen LogP contribution in [0.5, 0.6) is 5.75 Å². The van der Waals surface area contributed by atoms with Gasteiger partial charge in [0.25, 0.3) is 5.91 Å². The molecule has 0 bridgehead atoms. The van der Waals surface area contributed by atoms with Crippen LogP contribution >= 0.6 is 11.6 Å². The number of nitrogens with one attached hydrogen (secondary N) is 1. The minimum atomic E-state index is -0.205. The third-order valence-electron chi connectivity index (χ3n) is 5.17. The van der Waals surface area contributed by atoms with Crippen molar-refractivity contribution >= 4 is 23.2 Å². The van der Waals surface area contributed by atoms with Crippen LogP contribution in [0.2, 0.25) is 5.02 Å². The van der Waals surface area contributed by atoms with Gasteiger partial charge in [-0.1, -0.05) is 31.9 Å². The fourth-order valence-electron chi connectivity index (χ4n) is 3.44. The van der Waals surface area contributed by atoms with Crippen molar-refractivity contribution in [2.75, 3.05) is 39.0 Å². The number of amides is 1. The summed E-state index contributed by atoms with van der Waals surface area (Å²) in [7, 11) is 1.70. The van der Waals surface area contributed by atoms with E-state index in [2.05, 4.69) is 24.1 Å². The lowest BCUT2D eigenvalue weighted by Gasteiger charge is -2.31. The van der Waals surface area contributed by atoms with Crippen LogP contribution in [-0.2, 0) is 4.74 Å². The Labute approximate surface area is 167 Å². The molecule has 152 valence electrons. The molecule has 1 aliphatic rings. The van der Waals surface area contributed by atoms with E-state index in [1.807, 2.05) is 0 Å². The molecule has 2 atom stereocenters. The van der Waals surface area contributed by atoms with Crippen molar-refractivity contribution in [1.29, 1.82) is 0 Å². The number of hydrogen-bond donors (Lipinski definition) is 2. The second-order valence-corrected chi connectivity index (χ2v) is 7.27. The first-order valence-electron chi connectivity index (χ1n) is 9.79. The average Bonchev–Trinajstić information content (AvgIpc) is 2.68. The number of methoxy groups -OCH3 is 1. The first-order chi connectivity index (χ1) is 13.0. The zero-order valence-electron chi connectivity index (χ0n) is 16.6. The molecule has 0 spiro atoms. The Hall–Kier alpha value is -1.50. The highest BCUT2D eigenvalue weighted by atomic mass is 35.5. The number of ether oxygens (including phenoxy) is 2. The summed E-state index contributed by atoms with van der Waals surface area (Å²) in [5.41, 5.74) is 6.77. The maximum absolute atomic E-state index is 12.7. The summed E-state index contributed by atoms with van der Waals surface area (Å²) in [6.07, 6.45) is 3.99. The van der Waals surface area contributed by atoms with Gasteiger partial charge in [-0.25, -0.2) is 0 Å². The molecule has 6 nitrogen and oxygen atoms in total. The second kappa shape index (κ2) is 10.7. The Morgan fingerprint density at radius 2 is 1.93 bits per heavy atom. The van der Waals surface area contributed by atoms with Gasteiger partial charge >= 0.3 is 0 Å². The molecule has 1 unspecified atom stereocenters. The maximum atomic E-state index is 12.7. The van der Waals surface area contributed by atoms with Crippen LogP contribution in [0.25, 0.3) is 0 Å². The van der Waals surface area contributed by atoms with E-state index < -0.39 is 0 Å². The molecular weight excluding hydrogens is 366 g/mol. The molecule has 2 rings (SSSR count). The predicted molar refractivity (Wildman–Crippen MR) is 110 cm³/mol. The van der Waals surface area contributed by atoms with Crippen molar-refractivity contribution in [3.8, 4) is 5.75 Å². The number of anilines is 1. The number of rotatable bonds is 9. The van der Waals surface area contributed by atoms with Crippen molar-refractivity contribution in [2.24, 2.45) is 0 Å². The minimum absolute atomic E-state index is 0.0224. The van der Waals surface area contributed by atoms with Crippen LogP contribution in [0.3, 0.4) is 0 Å². The highest BCUT2D eigenvalue weighted by Crippen LogP contribution is 2.32. The highest BCUT2D eigenvalue weighted by Gasteiger charge is 2.28. The van der Waals surface area contributed by atoms with Crippen molar-refractivity contribution in [3.63, 3.8) is 0 Å². The molecule has 0 saturated heterocycles. The number of halogens is 1. The van der Waals surface area contributed by atoms with Gasteiger partial charge in [0.05, 0.1) is 22.4 Å². The summed E-state index contributed by atoms with van der Waals surface area (Å²) in [4.78, 5) is 15.0. The van der Waals surface area contributed by atoms with E-state index in [4.69, 9.17) is 26.8 Å². The Balaban J connectivity index is 2.12. The molecule has 1 aliphatic carbocycles. The lowest BCUT2D eigenvalue weighted by Crippen LogP contribution is -2.37. The highest BCUT2D eigenvalue weighted by molar-refractivity contribution is 6.33. The van der Waals surface area contributed by atoms with Gasteiger partial charge in [0.15, 0.2) is 0 Å². The molecule has 0 radical (unpaired) electrons. The zero-order chi connectivity index (χ0) is 19.8. The number of likely N-dealkylation sites (N-methyl/N-ethyl adjacent to an activating group) is 1. The molecule has 27 heavy (non-hydrogen) atoms. The molecule has 1 fully saturated rings. The summed E-state index contributed by atoms with van der Waals surface area (Å²) in [6, 6.07) is 3.23. The van der Waals surface area contributed by atoms with Gasteiger partial charge in [0.1, 0.15) is 11.9 Å². The van der Waals surface area contributed by atoms with E-state index in [-0.39, 0.29) is 18.1 Å². The molecule has 1 saturated carbocycles. The Morgan fingerprint density at radius 1 is 1.26 bits per heavy atom. The van der Waals surface area contributed by atoms with Crippen LogP contribution < -0.4 is 15.8 Å². The fraction of sp³-hybridized carbons (Fsp3) is 0.650. The van der Waals surface area contributed by atoms with Gasteiger partial charge in [-0.2, -0.15) is 0 Å².